The number of carbonyl (C=O) groups excluding carboxylic acids is 5. The molecule has 1 aromatic rings. The van der Waals surface area contributed by atoms with Crippen molar-refractivity contribution in [1.29, 1.82) is 0 Å². The van der Waals surface area contributed by atoms with E-state index in [0.717, 1.165) is 17.7 Å². The topological polar surface area (TPSA) is 177 Å². The molecule has 1 saturated heterocycles. The third-order valence-corrected chi connectivity index (χ3v) is 8.87. The van der Waals surface area contributed by atoms with Crippen molar-refractivity contribution in [3.63, 3.8) is 0 Å². The maximum atomic E-state index is 13.2. The molecule has 2 heterocycles. The van der Waals surface area contributed by atoms with Crippen LogP contribution in [0.4, 0.5) is 5.69 Å². The molecule has 304 valence electrons. The van der Waals surface area contributed by atoms with Gasteiger partial charge in [-0.3, -0.25) is 34.2 Å². The lowest BCUT2D eigenvalue weighted by atomic mass is 10.0. The summed E-state index contributed by atoms with van der Waals surface area (Å²) in [6, 6.07) is 3.90. The minimum Gasteiger partial charge on any atom is -0.463 e. The number of esters is 1. The minimum absolute atomic E-state index is 0.0660. The highest BCUT2D eigenvalue weighted by atomic mass is 16.6. The van der Waals surface area contributed by atoms with Crippen molar-refractivity contribution in [2.45, 2.75) is 90.0 Å². The number of hydrogen-bond donors (Lipinski definition) is 2. The molecule has 1 unspecified atom stereocenters. The number of imide groups is 2. The molecule has 0 saturated carbocycles. The highest BCUT2D eigenvalue weighted by molar-refractivity contribution is 6.25. The first-order chi connectivity index (χ1) is 26.4. The van der Waals surface area contributed by atoms with Crippen LogP contribution < -0.4 is 10.6 Å². The number of nitrogens with one attached hydrogen (secondary N) is 2. The molecular formula is C39H61N3O12. The first-order valence-electron chi connectivity index (χ1n) is 19.6. The number of rotatable bonds is 33. The molecule has 1 aromatic carbocycles. The maximum absolute atomic E-state index is 13.2. The van der Waals surface area contributed by atoms with E-state index in [4.69, 9.17) is 33.2 Å². The summed E-state index contributed by atoms with van der Waals surface area (Å²) in [5.74, 6) is -2.32. The highest BCUT2D eigenvalue weighted by Gasteiger charge is 2.45. The van der Waals surface area contributed by atoms with Crippen LogP contribution in [0.15, 0.2) is 18.2 Å². The zero-order valence-electron chi connectivity index (χ0n) is 32.0. The van der Waals surface area contributed by atoms with Crippen molar-refractivity contribution < 1.29 is 57.1 Å². The largest absolute Gasteiger partial charge is 0.463 e. The standard InChI is InChI=1S/C39H61N3O12/c1-2-3-4-5-6-7-8-9-10-14-35(44)54-30-29-53-28-27-52-26-25-51-24-23-50-22-21-49-20-19-48-18-17-40-32-13-11-12-31-36(32)39(47)42(38(31)46)33-15-16-34(43)41-37(33)45/h11-13,33,40H,2-10,14-30H2,1H3,(H,41,43,45). The van der Waals surface area contributed by atoms with Crippen LogP contribution in [0.1, 0.15) is 105 Å². The fourth-order valence-corrected chi connectivity index (χ4v) is 5.99. The van der Waals surface area contributed by atoms with Crippen LogP contribution in [0, 0.1) is 0 Å². The van der Waals surface area contributed by atoms with Crippen LogP contribution in [-0.2, 0) is 47.5 Å². The SMILES string of the molecule is CCCCCCCCCCCC(=O)OCCOCCOCCOCCOCCOCCOCCNc1cccc2c1C(=O)N(C1CCC(=O)NC1=O)C2=O. The predicted octanol–water partition coefficient (Wildman–Crippen LogP) is 4.06. The second kappa shape index (κ2) is 28.0. The first-order valence-corrected chi connectivity index (χ1v) is 19.6. The number of piperidine rings is 1. The summed E-state index contributed by atoms with van der Waals surface area (Å²) in [6.07, 6.45) is 11.6. The lowest BCUT2D eigenvalue weighted by Gasteiger charge is -2.27. The first kappa shape index (κ1) is 44.9. The van der Waals surface area contributed by atoms with E-state index in [9.17, 15) is 24.0 Å². The molecule has 0 aromatic heterocycles. The number of hydrogen-bond acceptors (Lipinski definition) is 13. The molecule has 0 spiro atoms. The molecule has 15 heteroatoms. The summed E-state index contributed by atoms with van der Waals surface area (Å²) in [4.78, 5) is 62.7. The van der Waals surface area contributed by atoms with Gasteiger partial charge in [0.15, 0.2) is 0 Å². The van der Waals surface area contributed by atoms with Gasteiger partial charge in [0.25, 0.3) is 11.8 Å². The lowest BCUT2D eigenvalue weighted by molar-refractivity contribution is -0.145. The van der Waals surface area contributed by atoms with Gasteiger partial charge in [0.2, 0.25) is 11.8 Å². The summed E-state index contributed by atoms with van der Waals surface area (Å²) in [6.45, 7) is 7.83. The molecule has 4 amide bonds. The van der Waals surface area contributed by atoms with E-state index in [2.05, 4.69) is 17.6 Å². The van der Waals surface area contributed by atoms with Gasteiger partial charge < -0.3 is 38.5 Å². The van der Waals surface area contributed by atoms with Crippen LogP contribution in [-0.4, -0.2) is 133 Å². The van der Waals surface area contributed by atoms with E-state index in [-0.39, 0.29) is 36.5 Å². The summed E-state index contributed by atoms with van der Waals surface area (Å²) < 4.78 is 38.2. The fourth-order valence-electron chi connectivity index (χ4n) is 5.99. The van der Waals surface area contributed by atoms with Gasteiger partial charge in [-0.05, 0) is 25.0 Å². The van der Waals surface area contributed by atoms with E-state index < -0.39 is 29.7 Å². The quantitative estimate of drug-likeness (QED) is 0.0596. The molecule has 1 atom stereocenters. The van der Waals surface area contributed by atoms with Gasteiger partial charge in [-0.15, -0.1) is 0 Å². The lowest BCUT2D eigenvalue weighted by Crippen LogP contribution is -2.54. The number of amides is 4. The molecule has 2 aliphatic heterocycles. The van der Waals surface area contributed by atoms with Crippen LogP contribution >= 0.6 is 0 Å². The summed E-state index contributed by atoms with van der Waals surface area (Å²) >= 11 is 0. The van der Waals surface area contributed by atoms with Gasteiger partial charge in [0.05, 0.1) is 90.4 Å². The molecule has 15 nitrogen and oxygen atoms in total. The normalized spacial score (nSPS) is 15.5. The van der Waals surface area contributed by atoms with Crippen molar-refractivity contribution in [2.75, 3.05) is 97.8 Å². The van der Waals surface area contributed by atoms with Crippen LogP contribution in [0.5, 0.6) is 0 Å². The Hall–Kier alpha value is -3.47. The predicted molar refractivity (Wildman–Crippen MR) is 199 cm³/mol. The van der Waals surface area contributed by atoms with Gasteiger partial charge in [-0.25, -0.2) is 0 Å². The van der Waals surface area contributed by atoms with Crippen LogP contribution in [0.3, 0.4) is 0 Å². The maximum Gasteiger partial charge on any atom is 0.305 e. The van der Waals surface area contributed by atoms with E-state index in [1.54, 1.807) is 18.2 Å². The van der Waals surface area contributed by atoms with Gasteiger partial charge in [0, 0.05) is 25.1 Å². The molecule has 54 heavy (non-hydrogen) atoms. The van der Waals surface area contributed by atoms with E-state index >= 15 is 0 Å². The number of nitrogens with zero attached hydrogens (tertiary/aromatic N) is 1. The fraction of sp³-hybridized carbons (Fsp3) is 0.718. The van der Waals surface area contributed by atoms with Crippen molar-refractivity contribution >= 4 is 35.3 Å². The number of benzene rings is 1. The Morgan fingerprint density at radius 1 is 0.685 bits per heavy atom. The number of ether oxygens (including phenoxy) is 7. The molecule has 3 rings (SSSR count). The molecule has 2 N–H and O–H groups in total. The summed E-state index contributed by atoms with van der Waals surface area (Å²) in [5.41, 5.74) is 0.907. The van der Waals surface area contributed by atoms with Gasteiger partial charge in [-0.2, -0.15) is 0 Å². The van der Waals surface area contributed by atoms with Gasteiger partial charge in [-0.1, -0.05) is 64.4 Å². The van der Waals surface area contributed by atoms with E-state index in [1.165, 1.54) is 44.9 Å². The molecule has 0 bridgehead atoms. The third kappa shape index (κ3) is 17.3. The van der Waals surface area contributed by atoms with E-state index in [0.29, 0.717) is 97.9 Å². The van der Waals surface area contributed by atoms with Crippen molar-refractivity contribution in [3.05, 3.63) is 29.3 Å². The van der Waals surface area contributed by atoms with Crippen molar-refractivity contribution in [1.82, 2.24) is 10.2 Å². The Labute approximate surface area is 319 Å². The monoisotopic (exact) mass is 763 g/mol. The number of carbonyl (C=O) groups is 5. The number of fused-ring (bicyclic) bond motifs is 1. The highest BCUT2D eigenvalue weighted by Crippen LogP contribution is 2.32. The average Bonchev–Trinajstić information content (AvgIpc) is 3.42. The second-order valence-electron chi connectivity index (χ2n) is 13.1. The van der Waals surface area contributed by atoms with Gasteiger partial charge in [0.1, 0.15) is 12.6 Å². The molecule has 1 fully saturated rings. The minimum atomic E-state index is -1.01. The Bertz CT molecular complexity index is 1280. The molecule has 2 aliphatic rings. The van der Waals surface area contributed by atoms with Crippen LogP contribution in [0.2, 0.25) is 0 Å². The third-order valence-electron chi connectivity index (χ3n) is 8.87. The molecule has 0 radical (unpaired) electrons. The van der Waals surface area contributed by atoms with E-state index in [1.807, 2.05) is 0 Å². The zero-order chi connectivity index (χ0) is 38.6. The van der Waals surface area contributed by atoms with Crippen molar-refractivity contribution in [3.8, 4) is 0 Å². The second-order valence-corrected chi connectivity index (χ2v) is 13.1. The van der Waals surface area contributed by atoms with Crippen LogP contribution in [0.25, 0.3) is 0 Å². The average molecular weight is 764 g/mol. The zero-order valence-corrected chi connectivity index (χ0v) is 32.0. The Balaban J connectivity index is 1.04. The Morgan fingerprint density at radius 2 is 1.20 bits per heavy atom. The molecule has 0 aliphatic carbocycles. The number of unbranched alkanes of at least 4 members (excludes halogenated alkanes) is 8. The number of anilines is 1. The molecular weight excluding hydrogens is 702 g/mol. The van der Waals surface area contributed by atoms with Gasteiger partial charge >= 0.3 is 5.97 Å². The smallest absolute Gasteiger partial charge is 0.305 e. The summed E-state index contributed by atoms with van der Waals surface area (Å²) in [5, 5.41) is 5.33. The van der Waals surface area contributed by atoms with Crippen molar-refractivity contribution in [2.24, 2.45) is 0 Å². The Morgan fingerprint density at radius 3 is 1.76 bits per heavy atom. The Kier molecular flexibility index (Phi) is 23.3. The summed E-state index contributed by atoms with van der Waals surface area (Å²) in [7, 11) is 0.